The molecule has 0 spiro atoms. The van der Waals surface area contributed by atoms with E-state index in [4.69, 9.17) is 5.73 Å². The van der Waals surface area contributed by atoms with E-state index in [0.717, 1.165) is 20.9 Å². The van der Waals surface area contributed by atoms with E-state index < -0.39 is 5.54 Å². The average molecular weight is 446 g/mol. The average Bonchev–Trinajstić information content (AvgIpc) is 3.47. The Balaban J connectivity index is 2.00. The molecule has 156 valence electrons. The van der Waals surface area contributed by atoms with Gasteiger partial charge in [-0.3, -0.25) is 0 Å². The molecule has 1 unspecified atom stereocenters. The van der Waals surface area contributed by atoms with Gasteiger partial charge in [-0.1, -0.05) is 24.3 Å². The SMILES string of the molecule is C=CCN(CC=C)c1nc(N)c2c(c1C#N)NC(C)(c1cccs1)C=C2c1cccs1. The lowest BCUT2D eigenvalue weighted by molar-refractivity contribution is 0.701. The topological polar surface area (TPSA) is 78.0 Å². The van der Waals surface area contributed by atoms with Crippen LogP contribution in [0.25, 0.3) is 5.57 Å². The lowest BCUT2D eigenvalue weighted by Crippen LogP contribution is -2.34. The molecular weight excluding hydrogens is 422 g/mol. The third kappa shape index (κ3) is 3.65. The van der Waals surface area contributed by atoms with Crippen molar-refractivity contribution in [3.8, 4) is 6.07 Å². The Bertz CT molecular complexity index is 1180. The predicted molar refractivity (Wildman–Crippen MR) is 133 cm³/mol. The van der Waals surface area contributed by atoms with Crippen LogP contribution in [0.3, 0.4) is 0 Å². The molecule has 31 heavy (non-hydrogen) atoms. The molecule has 4 heterocycles. The molecule has 3 aromatic heterocycles. The fourth-order valence-electron chi connectivity index (χ4n) is 3.87. The van der Waals surface area contributed by atoms with Crippen LogP contribution in [-0.4, -0.2) is 18.1 Å². The summed E-state index contributed by atoms with van der Waals surface area (Å²) in [6, 6.07) is 10.6. The van der Waals surface area contributed by atoms with Crippen LogP contribution in [-0.2, 0) is 5.54 Å². The summed E-state index contributed by atoms with van der Waals surface area (Å²) in [4.78, 5) is 8.87. The van der Waals surface area contributed by atoms with Gasteiger partial charge in [-0.25, -0.2) is 4.98 Å². The van der Waals surface area contributed by atoms with Crippen LogP contribution in [0, 0.1) is 11.3 Å². The first-order chi connectivity index (χ1) is 15.0. The molecule has 0 aliphatic carbocycles. The van der Waals surface area contributed by atoms with E-state index in [1.807, 2.05) is 22.4 Å². The van der Waals surface area contributed by atoms with Crippen LogP contribution < -0.4 is 16.0 Å². The van der Waals surface area contributed by atoms with E-state index in [2.05, 4.69) is 60.0 Å². The minimum Gasteiger partial charge on any atom is -0.383 e. The van der Waals surface area contributed by atoms with Crippen molar-refractivity contribution in [3.05, 3.63) is 87.3 Å². The Morgan fingerprint density at radius 2 is 1.94 bits per heavy atom. The van der Waals surface area contributed by atoms with Crippen molar-refractivity contribution in [1.82, 2.24) is 4.98 Å². The number of nitrogens with one attached hydrogen (secondary N) is 1. The molecule has 0 saturated heterocycles. The van der Waals surface area contributed by atoms with Gasteiger partial charge in [0.15, 0.2) is 5.82 Å². The van der Waals surface area contributed by atoms with E-state index in [0.29, 0.717) is 36.0 Å². The Kier molecular flexibility index (Phi) is 5.68. The molecule has 1 aliphatic heterocycles. The van der Waals surface area contributed by atoms with Crippen molar-refractivity contribution < 1.29 is 0 Å². The molecular formula is C24H23N5S2. The summed E-state index contributed by atoms with van der Waals surface area (Å²) in [5, 5.41) is 17.9. The highest BCUT2D eigenvalue weighted by atomic mass is 32.1. The first-order valence-corrected chi connectivity index (χ1v) is 11.6. The van der Waals surface area contributed by atoms with E-state index in [9.17, 15) is 5.26 Å². The van der Waals surface area contributed by atoms with Crippen molar-refractivity contribution >= 4 is 45.6 Å². The number of nitrogens with two attached hydrogens (primary N) is 1. The van der Waals surface area contributed by atoms with Gasteiger partial charge in [-0.2, -0.15) is 5.26 Å². The number of pyridine rings is 1. The van der Waals surface area contributed by atoms with Crippen LogP contribution in [0.2, 0.25) is 0 Å². The Morgan fingerprint density at radius 1 is 1.23 bits per heavy atom. The molecule has 4 rings (SSSR count). The zero-order valence-corrected chi connectivity index (χ0v) is 18.9. The minimum absolute atomic E-state index is 0.391. The number of nitrogen functional groups attached to an aromatic ring is 1. The number of aromatic nitrogens is 1. The number of hydrogen-bond donors (Lipinski definition) is 2. The number of nitrogens with zero attached hydrogens (tertiary/aromatic N) is 3. The molecule has 0 fully saturated rings. The Hall–Kier alpha value is -3.34. The highest BCUT2D eigenvalue weighted by Gasteiger charge is 2.36. The molecule has 0 radical (unpaired) electrons. The van der Waals surface area contributed by atoms with Crippen molar-refractivity contribution in [2.45, 2.75) is 12.5 Å². The summed E-state index contributed by atoms with van der Waals surface area (Å²) in [5.74, 6) is 0.925. The summed E-state index contributed by atoms with van der Waals surface area (Å²) in [7, 11) is 0. The van der Waals surface area contributed by atoms with Gasteiger partial charge in [0.05, 0.1) is 11.2 Å². The van der Waals surface area contributed by atoms with Crippen molar-refractivity contribution in [2.24, 2.45) is 0 Å². The second-order valence-corrected chi connectivity index (χ2v) is 9.28. The van der Waals surface area contributed by atoms with Crippen LogP contribution in [0.4, 0.5) is 17.3 Å². The zero-order valence-electron chi connectivity index (χ0n) is 17.3. The minimum atomic E-state index is -0.487. The monoisotopic (exact) mass is 445 g/mol. The number of fused-ring (bicyclic) bond motifs is 1. The summed E-state index contributed by atoms with van der Waals surface area (Å²) in [6.45, 7) is 10.9. The van der Waals surface area contributed by atoms with Gasteiger partial charge < -0.3 is 16.0 Å². The van der Waals surface area contributed by atoms with Gasteiger partial charge in [-0.05, 0) is 35.9 Å². The zero-order chi connectivity index (χ0) is 22.0. The molecule has 0 amide bonds. The second-order valence-electron chi connectivity index (χ2n) is 7.38. The van der Waals surface area contributed by atoms with Gasteiger partial charge in [-0.15, -0.1) is 35.8 Å². The van der Waals surface area contributed by atoms with Gasteiger partial charge >= 0.3 is 0 Å². The number of rotatable bonds is 7. The van der Waals surface area contributed by atoms with Gasteiger partial charge in [0.2, 0.25) is 0 Å². The molecule has 0 saturated carbocycles. The quantitative estimate of drug-likeness (QED) is 0.462. The van der Waals surface area contributed by atoms with Crippen LogP contribution in [0.5, 0.6) is 0 Å². The maximum Gasteiger partial charge on any atom is 0.151 e. The number of anilines is 3. The molecule has 0 aromatic carbocycles. The number of hydrogen-bond acceptors (Lipinski definition) is 7. The molecule has 5 nitrogen and oxygen atoms in total. The fourth-order valence-corrected chi connectivity index (χ4v) is 5.44. The van der Waals surface area contributed by atoms with Crippen LogP contribution in [0.15, 0.2) is 66.4 Å². The standard InChI is InChI=1S/C24H23N5S2/c1-4-10-29(11-5-2)23-17(15-25)21-20(22(26)27-23)16(18-8-6-12-30-18)14-24(3,28-21)19-9-7-13-31-19/h4-9,12-14,28H,1-2,10-11H2,3H3,(H2,26,27). The lowest BCUT2D eigenvalue weighted by atomic mass is 9.86. The third-order valence-electron chi connectivity index (χ3n) is 5.22. The van der Waals surface area contributed by atoms with Gasteiger partial charge in [0.1, 0.15) is 17.5 Å². The van der Waals surface area contributed by atoms with E-state index in [1.165, 1.54) is 0 Å². The molecule has 0 bridgehead atoms. The highest BCUT2D eigenvalue weighted by molar-refractivity contribution is 7.11. The largest absolute Gasteiger partial charge is 0.383 e. The fraction of sp³-hybridized carbons (Fsp3) is 0.167. The number of thiophene rings is 2. The molecule has 1 atom stereocenters. The van der Waals surface area contributed by atoms with Crippen LogP contribution >= 0.6 is 22.7 Å². The Labute approximate surface area is 190 Å². The normalized spacial score (nSPS) is 17.1. The van der Waals surface area contributed by atoms with Crippen molar-refractivity contribution in [3.63, 3.8) is 0 Å². The maximum absolute atomic E-state index is 10.2. The maximum atomic E-state index is 10.2. The number of nitriles is 1. The third-order valence-corrected chi connectivity index (χ3v) is 7.23. The highest BCUT2D eigenvalue weighted by Crippen LogP contribution is 2.48. The van der Waals surface area contributed by atoms with Gasteiger partial charge in [0.25, 0.3) is 0 Å². The van der Waals surface area contributed by atoms with E-state index >= 15 is 0 Å². The Morgan fingerprint density at radius 3 is 2.52 bits per heavy atom. The van der Waals surface area contributed by atoms with Gasteiger partial charge in [0, 0.05) is 34.0 Å². The molecule has 1 aliphatic rings. The summed E-state index contributed by atoms with van der Waals surface area (Å²) >= 11 is 3.32. The van der Waals surface area contributed by atoms with Crippen molar-refractivity contribution in [1.29, 1.82) is 5.26 Å². The molecule has 3 aromatic rings. The lowest BCUT2D eigenvalue weighted by Gasteiger charge is -2.36. The summed E-state index contributed by atoms with van der Waals surface area (Å²) in [6.07, 6.45) is 5.75. The first kappa shape index (κ1) is 20.9. The smallest absolute Gasteiger partial charge is 0.151 e. The predicted octanol–water partition coefficient (Wildman–Crippen LogP) is 5.61. The molecule has 7 heteroatoms. The second kappa shape index (κ2) is 8.42. The van der Waals surface area contributed by atoms with Crippen molar-refractivity contribution in [2.75, 3.05) is 29.0 Å². The van der Waals surface area contributed by atoms with E-state index in [1.54, 1.807) is 34.8 Å². The summed E-state index contributed by atoms with van der Waals surface area (Å²) < 4.78 is 0. The summed E-state index contributed by atoms with van der Waals surface area (Å²) in [5.41, 5.74) is 8.99. The van der Waals surface area contributed by atoms with E-state index in [-0.39, 0.29) is 0 Å². The molecule has 3 N–H and O–H groups in total. The van der Waals surface area contributed by atoms with Crippen LogP contribution in [0.1, 0.15) is 27.8 Å². The first-order valence-electron chi connectivity index (χ1n) is 9.82.